The van der Waals surface area contributed by atoms with Crippen molar-refractivity contribution in [3.63, 3.8) is 0 Å². The predicted octanol–water partition coefficient (Wildman–Crippen LogP) is 3.62. The quantitative estimate of drug-likeness (QED) is 0.382. The maximum atomic E-state index is 12.9. The molecule has 30 heavy (non-hydrogen) atoms. The number of carbonyl (C=O) groups excluding carboxylic acids is 2. The van der Waals surface area contributed by atoms with Crippen LogP contribution in [0.15, 0.2) is 76.9 Å². The zero-order valence-electron chi connectivity index (χ0n) is 16.1. The highest BCUT2D eigenvalue weighted by Crippen LogP contribution is 2.41. The Morgan fingerprint density at radius 1 is 1.10 bits per heavy atom. The Kier molecular flexibility index (Phi) is 5.02. The molecule has 7 nitrogen and oxygen atoms in total. The normalized spacial score (nSPS) is 18.0. The number of rotatable bonds is 5. The number of phenols is 1. The Balaban J connectivity index is 1.85. The molecule has 0 spiro atoms. The van der Waals surface area contributed by atoms with E-state index in [1.165, 1.54) is 30.4 Å². The Bertz CT molecular complexity index is 1110. The van der Waals surface area contributed by atoms with Crippen molar-refractivity contribution in [3.8, 4) is 11.5 Å². The lowest BCUT2D eigenvalue weighted by Crippen LogP contribution is -2.29. The van der Waals surface area contributed by atoms with E-state index in [4.69, 9.17) is 9.15 Å². The van der Waals surface area contributed by atoms with Crippen molar-refractivity contribution in [3.05, 3.63) is 89.4 Å². The Labute approximate surface area is 172 Å². The number of hydrogen-bond donors (Lipinski definition) is 2. The van der Waals surface area contributed by atoms with Crippen LogP contribution in [0.1, 0.15) is 22.9 Å². The summed E-state index contributed by atoms with van der Waals surface area (Å²) in [6, 6.07) is 15.3. The minimum atomic E-state index is -0.885. The third-order valence-electron chi connectivity index (χ3n) is 5.00. The highest BCUT2D eigenvalue weighted by Gasteiger charge is 2.46. The molecule has 0 aliphatic carbocycles. The number of aliphatic hydroxyl groups excluding tert-OH is 1. The number of likely N-dealkylation sites (tertiary alicyclic amines) is 1. The van der Waals surface area contributed by atoms with E-state index in [0.29, 0.717) is 22.6 Å². The molecule has 7 heteroatoms. The molecule has 0 saturated carbocycles. The van der Waals surface area contributed by atoms with Gasteiger partial charge in [0.2, 0.25) is 0 Å². The molecule has 2 aromatic carbocycles. The van der Waals surface area contributed by atoms with Gasteiger partial charge in [-0.15, -0.1) is 0 Å². The number of aliphatic hydroxyl groups is 1. The molecule has 1 aliphatic heterocycles. The number of aromatic hydroxyl groups is 1. The fourth-order valence-electron chi connectivity index (χ4n) is 3.56. The van der Waals surface area contributed by atoms with Crippen LogP contribution >= 0.6 is 0 Å². The summed E-state index contributed by atoms with van der Waals surface area (Å²) < 4.78 is 10.5. The maximum Gasteiger partial charge on any atom is 0.296 e. The van der Waals surface area contributed by atoms with Crippen LogP contribution in [-0.4, -0.2) is 33.9 Å². The monoisotopic (exact) mass is 405 g/mol. The zero-order chi connectivity index (χ0) is 21.3. The van der Waals surface area contributed by atoms with E-state index in [-0.39, 0.29) is 23.6 Å². The maximum absolute atomic E-state index is 12.9. The van der Waals surface area contributed by atoms with Gasteiger partial charge in [0.1, 0.15) is 23.0 Å². The van der Waals surface area contributed by atoms with Crippen LogP contribution in [0, 0.1) is 0 Å². The summed E-state index contributed by atoms with van der Waals surface area (Å²) in [5.41, 5.74) is 0.815. The predicted molar refractivity (Wildman–Crippen MR) is 108 cm³/mol. The van der Waals surface area contributed by atoms with Gasteiger partial charge in [-0.2, -0.15) is 0 Å². The van der Waals surface area contributed by atoms with Crippen LogP contribution in [0.25, 0.3) is 5.76 Å². The zero-order valence-corrected chi connectivity index (χ0v) is 16.1. The molecular formula is C23H19NO6. The van der Waals surface area contributed by atoms with Crippen molar-refractivity contribution < 1.29 is 29.0 Å². The molecule has 1 aliphatic rings. The van der Waals surface area contributed by atoms with Crippen LogP contribution in [-0.2, 0) is 16.1 Å². The van der Waals surface area contributed by atoms with Gasteiger partial charge >= 0.3 is 0 Å². The summed E-state index contributed by atoms with van der Waals surface area (Å²) >= 11 is 0. The van der Waals surface area contributed by atoms with Gasteiger partial charge in [0.05, 0.1) is 31.5 Å². The number of carbonyl (C=O) groups is 2. The summed E-state index contributed by atoms with van der Waals surface area (Å²) in [6.07, 6.45) is 1.48. The van der Waals surface area contributed by atoms with Crippen LogP contribution in [0.4, 0.5) is 0 Å². The number of hydrogen-bond acceptors (Lipinski definition) is 6. The average Bonchev–Trinajstić information content (AvgIpc) is 3.36. The highest BCUT2D eigenvalue weighted by atomic mass is 16.5. The van der Waals surface area contributed by atoms with Gasteiger partial charge in [-0.1, -0.05) is 12.1 Å². The van der Waals surface area contributed by atoms with Crippen LogP contribution < -0.4 is 4.74 Å². The molecule has 1 atom stereocenters. The molecule has 0 radical (unpaired) electrons. The fraction of sp³-hybridized carbons (Fsp3) is 0.130. The Hall–Kier alpha value is -4.00. The molecule has 0 unspecified atom stereocenters. The van der Waals surface area contributed by atoms with Crippen molar-refractivity contribution in [1.29, 1.82) is 0 Å². The first-order chi connectivity index (χ1) is 14.5. The van der Waals surface area contributed by atoms with E-state index >= 15 is 0 Å². The smallest absolute Gasteiger partial charge is 0.296 e. The van der Waals surface area contributed by atoms with Crippen molar-refractivity contribution in [1.82, 2.24) is 4.90 Å². The first kappa shape index (κ1) is 19.3. The number of nitrogens with zero attached hydrogens (tertiary/aromatic N) is 1. The molecular weight excluding hydrogens is 386 g/mol. The largest absolute Gasteiger partial charge is 0.508 e. The highest BCUT2D eigenvalue weighted by molar-refractivity contribution is 6.46. The molecule has 152 valence electrons. The second-order valence-corrected chi connectivity index (χ2v) is 6.83. The third-order valence-corrected chi connectivity index (χ3v) is 5.00. The van der Waals surface area contributed by atoms with E-state index in [1.54, 1.807) is 48.5 Å². The number of benzene rings is 2. The Morgan fingerprint density at radius 3 is 2.50 bits per heavy atom. The molecule has 1 saturated heterocycles. The van der Waals surface area contributed by atoms with E-state index in [1.807, 2.05) is 0 Å². The molecule has 1 fully saturated rings. The van der Waals surface area contributed by atoms with Gasteiger partial charge in [0.15, 0.2) is 0 Å². The van der Waals surface area contributed by atoms with Crippen molar-refractivity contribution in [2.75, 3.05) is 7.11 Å². The lowest BCUT2D eigenvalue weighted by molar-refractivity contribution is -0.140. The second-order valence-electron chi connectivity index (χ2n) is 6.83. The van der Waals surface area contributed by atoms with E-state index in [2.05, 4.69) is 0 Å². The molecule has 0 bridgehead atoms. The second kappa shape index (κ2) is 7.79. The minimum absolute atomic E-state index is 0.0134. The fourth-order valence-corrected chi connectivity index (χ4v) is 3.56. The summed E-state index contributed by atoms with van der Waals surface area (Å²) in [5, 5.41) is 20.9. The first-order valence-electron chi connectivity index (χ1n) is 9.23. The number of furan rings is 1. The van der Waals surface area contributed by atoms with Gasteiger partial charge in [-0.25, -0.2) is 0 Å². The van der Waals surface area contributed by atoms with E-state index in [9.17, 15) is 19.8 Å². The number of ether oxygens (including phenoxy) is 1. The first-order valence-corrected chi connectivity index (χ1v) is 9.23. The summed E-state index contributed by atoms with van der Waals surface area (Å²) in [7, 11) is 1.52. The van der Waals surface area contributed by atoms with Gasteiger partial charge < -0.3 is 24.3 Å². The molecule has 1 aromatic heterocycles. The Morgan fingerprint density at radius 2 is 1.87 bits per heavy atom. The lowest BCUT2D eigenvalue weighted by atomic mass is 9.95. The summed E-state index contributed by atoms with van der Waals surface area (Å²) in [5.74, 6) is -0.786. The number of amides is 1. The summed E-state index contributed by atoms with van der Waals surface area (Å²) in [6.45, 7) is 0.0390. The lowest BCUT2D eigenvalue weighted by Gasteiger charge is -2.24. The van der Waals surface area contributed by atoms with Gasteiger partial charge in [-0.3, -0.25) is 9.59 Å². The van der Waals surface area contributed by atoms with Gasteiger partial charge in [0.25, 0.3) is 11.7 Å². The number of ketones is 1. The van der Waals surface area contributed by atoms with Crippen LogP contribution in [0.2, 0.25) is 0 Å². The van der Waals surface area contributed by atoms with Gasteiger partial charge in [-0.05, 0) is 54.1 Å². The standard InChI is InChI=1S/C23H19NO6/c1-29-17-9-7-14(8-10-17)21(26)19-20(15-4-2-5-16(25)12-15)24(23(28)22(19)27)13-18-6-3-11-30-18/h2-12,20,25-26H,13H2,1H3/t20-/m0/s1. The molecule has 4 rings (SSSR count). The van der Waals surface area contributed by atoms with E-state index in [0.717, 1.165) is 0 Å². The van der Waals surface area contributed by atoms with Crippen molar-refractivity contribution in [2.45, 2.75) is 12.6 Å². The average molecular weight is 405 g/mol. The van der Waals surface area contributed by atoms with Crippen molar-refractivity contribution >= 4 is 17.4 Å². The minimum Gasteiger partial charge on any atom is -0.508 e. The van der Waals surface area contributed by atoms with Crippen molar-refractivity contribution in [2.24, 2.45) is 0 Å². The van der Waals surface area contributed by atoms with E-state index < -0.39 is 17.7 Å². The molecule has 3 aromatic rings. The third kappa shape index (κ3) is 3.41. The summed E-state index contributed by atoms with van der Waals surface area (Å²) in [4.78, 5) is 27.1. The molecule has 2 heterocycles. The van der Waals surface area contributed by atoms with Crippen LogP contribution in [0.3, 0.4) is 0 Å². The topological polar surface area (TPSA) is 100 Å². The number of Topliss-reactive ketones (excluding diaryl/α,β-unsaturated/α-hetero) is 1. The SMILES string of the molecule is COc1ccc(C(O)=C2C(=O)C(=O)N(Cc3ccco3)[C@H]2c2cccc(O)c2)cc1. The molecule has 1 amide bonds. The van der Waals surface area contributed by atoms with Crippen LogP contribution in [0.5, 0.6) is 11.5 Å². The number of phenolic OH excluding ortho intramolecular Hbond substituents is 1. The number of methoxy groups -OCH3 is 1. The van der Waals surface area contributed by atoms with Gasteiger partial charge in [0, 0.05) is 5.56 Å². The molecule has 2 N–H and O–H groups in total.